The summed E-state index contributed by atoms with van der Waals surface area (Å²) >= 11 is 0. The van der Waals surface area contributed by atoms with Gasteiger partial charge in [-0.25, -0.2) is 0 Å². The topological polar surface area (TPSA) is 24.6 Å². The molecule has 0 amide bonds. The number of epoxide rings is 1. The van der Waals surface area contributed by atoms with Crippen LogP contribution in [0.25, 0.3) is 0 Å². The minimum absolute atomic E-state index is 0.366. The van der Waals surface area contributed by atoms with Crippen molar-refractivity contribution < 1.29 is 4.74 Å². The molecule has 1 aliphatic heterocycles. The van der Waals surface area contributed by atoms with Gasteiger partial charge in [0.15, 0.2) is 0 Å². The van der Waals surface area contributed by atoms with Crippen LogP contribution in [0.2, 0.25) is 0 Å². The highest BCUT2D eigenvalue weighted by Crippen LogP contribution is 2.16. The smallest absolute Gasteiger partial charge is 0.134 e. The first-order chi connectivity index (χ1) is 3.34. The molecule has 1 rings (SSSR count). The molecule has 0 radical (unpaired) electrons. The van der Waals surface area contributed by atoms with Gasteiger partial charge in [0.2, 0.25) is 0 Å². The van der Waals surface area contributed by atoms with E-state index < -0.39 is 0 Å². The molecule has 0 aromatic carbocycles. The third-order valence-electron chi connectivity index (χ3n) is 1.12. The third-order valence-corrected chi connectivity index (χ3v) is 1.12. The van der Waals surface area contributed by atoms with Gasteiger partial charge < -0.3 is 4.74 Å². The predicted octanol–water partition coefficient (Wildman–Crippen LogP) is 0.341. The van der Waals surface area contributed by atoms with E-state index >= 15 is 0 Å². The van der Waals surface area contributed by atoms with Crippen LogP contribution in [0.15, 0.2) is 0 Å². The predicted molar refractivity (Wildman–Crippen MR) is 28.0 cm³/mol. The van der Waals surface area contributed by atoms with Crippen LogP contribution in [0.4, 0.5) is 0 Å². The molecule has 0 aromatic heterocycles. The summed E-state index contributed by atoms with van der Waals surface area (Å²) in [4.78, 5) is 0. The molecule has 2 nitrogen and oxygen atoms in total. The first kappa shape index (κ1) is 5.06. The zero-order valence-electron chi connectivity index (χ0n) is 4.77. The monoisotopic (exact) mass is 101 g/mol. The van der Waals surface area contributed by atoms with Crippen LogP contribution in [0.3, 0.4) is 0 Å². The fourth-order valence-corrected chi connectivity index (χ4v) is 0.601. The van der Waals surface area contributed by atoms with Gasteiger partial charge in [-0.1, -0.05) is 6.92 Å². The van der Waals surface area contributed by atoms with Crippen molar-refractivity contribution in [3.63, 3.8) is 0 Å². The lowest BCUT2D eigenvalue weighted by Crippen LogP contribution is -2.17. The Bertz CT molecular complexity index is 65.1. The van der Waals surface area contributed by atoms with E-state index in [9.17, 15) is 0 Å². The second kappa shape index (κ2) is 1.80. The van der Waals surface area contributed by atoms with E-state index in [0.717, 1.165) is 6.54 Å². The number of hydrogen-bond donors (Lipinski definition) is 1. The average Bonchev–Trinajstić information content (AvgIpc) is 2.22. The molecule has 0 aromatic rings. The van der Waals surface area contributed by atoms with Crippen molar-refractivity contribution in [2.45, 2.75) is 26.2 Å². The normalized spacial score (nSPS) is 38.6. The lowest BCUT2D eigenvalue weighted by atomic mass is 10.5. The largest absolute Gasteiger partial charge is 0.354 e. The first-order valence-corrected chi connectivity index (χ1v) is 2.73. The molecule has 0 saturated carbocycles. The lowest BCUT2D eigenvalue weighted by Gasteiger charge is -1.88. The summed E-state index contributed by atoms with van der Waals surface area (Å²) in [7, 11) is 0. The molecule has 0 spiro atoms. The van der Waals surface area contributed by atoms with E-state index in [-0.39, 0.29) is 0 Å². The molecule has 0 aliphatic carbocycles. The van der Waals surface area contributed by atoms with Gasteiger partial charge in [0, 0.05) is 0 Å². The van der Waals surface area contributed by atoms with Crippen molar-refractivity contribution in [2.75, 3.05) is 6.54 Å². The van der Waals surface area contributed by atoms with Crippen molar-refractivity contribution >= 4 is 0 Å². The highest BCUT2D eigenvalue weighted by atomic mass is 16.6. The van der Waals surface area contributed by atoms with Gasteiger partial charge >= 0.3 is 0 Å². The Labute approximate surface area is 43.9 Å². The lowest BCUT2D eigenvalue weighted by molar-refractivity contribution is 0.353. The van der Waals surface area contributed by atoms with Gasteiger partial charge in [0.1, 0.15) is 6.23 Å². The fourth-order valence-electron chi connectivity index (χ4n) is 0.601. The van der Waals surface area contributed by atoms with Crippen molar-refractivity contribution in [1.29, 1.82) is 0 Å². The number of rotatable bonds is 2. The molecule has 1 aliphatic rings. The molecule has 0 bridgehead atoms. The Morgan fingerprint density at radius 2 is 2.29 bits per heavy atom. The van der Waals surface area contributed by atoms with Crippen molar-refractivity contribution in [2.24, 2.45) is 0 Å². The molecular formula is C5H11NO. The summed E-state index contributed by atoms with van der Waals surface area (Å²) in [5.41, 5.74) is 0. The fraction of sp³-hybridized carbons (Fsp3) is 1.00. The van der Waals surface area contributed by atoms with Gasteiger partial charge in [-0.05, 0) is 13.5 Å². The van der Waals surface area contributed by atoms with Crippen LogP contribution in [-0.2, 0) is 4.74 Å². The Balaban J connectivity index is 1.98. The van der Waals surface area contributed by atoms with Gasteiger partial charge in [-0.15, -0.1) is 0 Å². The molecule has 42 valence electrons. The summed E-state index contributed by atoms with van der Waals surface area (Å²) in [6.45, 7) is 5.15. The average molecular weight is 101 g/mol. The molecule has 1 saturated heterocycles. The number of likely N-dealkylation sites (N-methyl/N-ethyl adjacent to an activating group) is 1. The Morgan fingerprint density at radius 3 is 2.43 bits per heavy atom. The number of nitrogens with one attached hydrogen (secondary N) is 1. The van der Waals surface area contributed by atoms with Crippen molar-refractivity contribution in [1.82, 2.24) is 5.32 Å². The summed E-state index contributed by atoms with van der Waals surface area (Å²) in [6, 6.07) is 0. The zero-order chi connectivity index (χ0) is 5.28. The SMILES string of the molecule is CCNC1OC1C. The number of hydrogen-bond acceptors (Lipinski definition) is 2. The quantitative estimate of drug-likeness (QED) is 0.507. The van der Waals surface area contributed by atoms with Crippen LogP contribution < -0.4 is 5.32 Å². The van der Waals surface area contributed by atoms with E-state index in [0.29, 0.717) is 12.3 Å². The van der Waals surface area contributed by atoms with E-state index in [1.54, 1.807) is 0 Å². The minimum atomic E-state index is 0.366. The van der Waals surface area contributed by atoms with Gasteiger partial charge in [0.25, 0.3) is 0 Å². The molecule has 1 fully saturated rings. The summed E-state index contributed by atoms with van der Waals surface area (Å²) in [5.74, 6) is 0. The van der Waals surface area contributed by atoms with Crippen LogP contribution in [0, 0.1) is 0 Å². The maximum Gasteiger partial charge on any atom is 0.134 e. The second-order valence-corrected chi connectivity index (χ2v) is 1.82. The highest BCUT2D eigenvalue weighted by Gasteiger charge is 2.32. The third kappa shape index (κ3) is 1.14. The molecule has 7 heavy (non-hydrogen) atoms. The Morgan fingerprint density at radius 1 is 1.71 bits per heavy atom. The maximum absolute atomic E-state index is 5.05. The van der Waals surface area contributed by atoms with Crippen LogP contribution in [0.1, 0.15) is 13.8 Å². The molecule has 1 N–H and O–H groups in total. The second-order valence-electron chi connectivity index (χ2n) is 1.82. The number of ether oxygens (including phenoxy) is 1. The van der Waals surface area contributed by atoms with Crippen molar-refractivity contribution in [3.05, 3.63) is 0 Å². The van der Waals surface area contributed by atoms with E-state index in [2.05, 4.69) is 19.2 Å². The first-order valence-electron chi connectivity index (χ1n) is 2.73. The van der Waals surface area contributed by atoms with Crippen LogP contribution in [-0.4, -0.2) is 18.9 Å². The summed E-state index contributed by atoms with van der Waals surface area (Å²) < 4.78 is 5.05. The maximum atomic E-state index is 5.05. The van der Waals surface area contributed by atoms with Gasteiger partial charge in [0.05, 0.1) is 6.10 Å². The van der Waals surface area contributed by atoms with Gasteiger partial charge in [-0.3, -0.25) is 5.32 Å². The van der Waals surface area contributed by atoms with Crippen LogP contribution in [0.5, 0.6) is 0 Å². The van der Waals surface area contributed by atoms with E-state index in [1.165, 1.54) is 0 Å². The Kier molecular flexibility index (Phi) is 1.30. The van der Waals surface area contributed by atoms with E-state index in [1.807, 2.05) is 0 Å². The van der Waals surface area contributed by atoms with Gasteiger partial charge in [-0.2, -0.15) is 0 Å². The highest BCUT2D eigenvalue weighted by molar-refractivity contribution is 4.76. The molecule has 2 atom stereocenters. The minimum Gasteiger partial charge on any atom is -0.354 e. The zero-order valence-corrected chi connectivity index (χ0v) is 4.77. The van der Waals surface area contributed by atoms with Crippen LogP contribution >= 0.6 is 0 Å². The van der Waals surface area contributed by atoms with Crippen molar-refractivity contribution in [3.8, 4) is 0 Å². The molecule has 1 heterocycles. The molecule has 2 heteroatoms. The Hall–Kier alpha value is -0.0800. The molecule has 2 unspecified atom stereocenters. The summed E-state index contributed by atoms with van der Waals surface area (Å²) in [6.07, 6.45) is 0.824. The van der Waals surface area contributed by atoms with E-state index in [4.69, 9.17) is 4.74 Å². The summed E-state index contributed by atoms with van der Waals surface area (Å²) in [5, 5.41) is 3.15. The molecular weight excluding hydrogens is 90.1 g/mol. The standard InChI is InChI=1S/C5H11NO/c1-3-6-5-4(2)7-5/h4-6H,3H2,1-2H3.